The maximum atomic E-state index is 13.6. The van der Waals surface area contributed by atoms with Gasteiger partial charge in [-0.25, -0.2) is 8.78 Å². The highest BCUT2D eigenvalue weighted by Crippen LogP contribution is 2.46. The lowest BCUT2D eigenvalue weighted by Crippen LogP contribution is -2.34. The van der Waals surface area contributed by atoms with Crippen molar-refractivity contribution in [3.63, 3.8) is 0 Å². The Kier molecular flexibility index (Phi) is 2.95. The number of rotatable bonds is 2. The summed E-state index contributed by atoms with van der Waals surface area (Å²) in [7, 11) is 1.28. The summed E-state index contributed by atoms with van der Waals surface area (Å²) in [4.78, 5) is 0. The lowest BCUT2D eigenvalue weighted by molar-refractivity contribution is 0.330. The van der Waals surface area contributed by atoms with Crippen LogP contribution in [0.4, 0.5) is 8.78 Å². The Morgan fingerprint density at radius 2 is 1.88 bits per heavy atom. The highest BCUT2D eigenvalue weighted by Gasteiger charge is 2.38. The van der Waals surface area contributed by atoms with Gasteiger partial charge >= 0.3 is 0 Å². The molecule has 0 atom stereocenters. The molecule has 94 valence electrons. The Bertz CT molecular complexity index is 443. The average molecular weight is 243 g/mol. The summed E-state index contributed by atoms with van der Waals surface area (Å²) in [5.41, 5.74) is 5.27. The van der Waals surface area contributed by atoms with Crippen LogP contribution in [0.2, 0.25) is 0 Å². The molecular formula is C12H15F2NO2. The van der Waals surface area contributed by atoms with Crippen molar-refractivity contribution in [2.24, 2.45) is 5.73 Å². The average Bonchev–Trinajstić information content (AvgIpc) is 2.71. The van der Waals surface area contributed by atoms with Crippen molar-refractivity contribution in [1.29, 1.82) is 0 Å². The number of ether oxygens (including phenoxy) is 1. The van der Waals surface area contributed by atoms with E-state index in [1.807, 2.05) is 0 Å². The second-order valence-electron chi connectivity index (χ2n) is 4.46. The van der Waals surface area contributed by atoms with Gasteiger partial charge < -0.3 is 15.6 Å². The van der Waals surface area contributed by atoms with E-state index in [1.165, 1.54) is 7.11 Å². The number of aromatic hydroxyl groups is 1. The van der Waals surface area contributed by atoms with Crippen LogP contribution in [0, 0.1) is 11.6 Å². The Balaban J connectivity index is 2.65. The SMILES string of the molecule is COc1c(F)cc(F)c(O)c1C1(N)CCCC1. The van der Waals surface area contributed by atoms with Gasteiger partial charge in [0.2, 0.25) is 0 Å². The lowest BCUT2D eigenvalue weighted by atomic mass is 9.87. The largest absolute Gasteiger partial charge is 0.504 e. The predicted molar refractivity (Wildman–Crippen MR) is 58.9 cm³/mol. The zero-order valence-electron chi connectivity index (χ0n) is 9.59. The van der Waals surface area contributed by atoms with E-state index in [2.05, 4.69) is 0 Å². The molecule has 5 heteroatoms. The first-order chi connectivity index (χ1) is 7.99. The van der Waals surface area contributed by atoms with Gasteiger partial charge in [-0.2, -0.15) is 0 Å². The third-order valence-corrected chi connectivity index (χ3v) is 3.36. The van der Waals surface area contributed by atoms with Gasteiger partial charge in [-0.1, -0.05) is 12.8 Å². The molecule has 0 unspecified atom stereocenters. The molecule has 3 N–H and O–H groups in total. The molecular weight excluding hydrogens is 228 g/mol. The van der Waals surface area contributed by atoms with Gasteiger partial charge in [0.25, 0.3) is 0 Å². The van der Waals surface area contributed by atoms with Crippen LogP contribution in [0.25, 0.3) is 0 Å². The molecule has 0 saturated heterocycles. The van der Waals surface area contributed by atoms with Crippen molar-refractivity contribution in [2.45, 2.75) is 31.2 Å². The normalized spacial score (nSPS) is 18.4. The van der Waals surface area contributed by atoms with Crippen LogP contribution in [0.5, 0.6) is 11.5 Å². The summed E-state index contributed by atoms with van der Waals surface area (Å²) in [6.45, 7) is 0. The molecule has 3 nitrogen and oxygen atoms in total. The van der Waals surface area contributed by atoms with Crippen LogP contribution in [-0.4, -0.2) is 12.2 Å². The molecule has 1 fully saturated rings. The van der Waals surface area contributed by atoms with Crippen molar-refractivity contribution >= 4 is 0 Å². The molecule has 1 aromatic carbocycles. The van der Waals surface area contributed by atoms with Gasteiger partial charge in [0.15, 0.2) is 23.1 Å². The van der Waals surface area contributed by atoms with Crippen molar-refractivity contribution in [1.82, 2.24) is 0 Å². The second kappa shape index (κ2) is 4.14. The molecule has 2 rings (SSSR count). The molecule has 1 aliphatic rings. The molecule has 0 bridgehead atoms. The fourth-order valence-electron chi connectivity index (χ4n) is 2.51. The summed E-state index contributed by atoms with van der Waals surface area (Å²) in [6.07, 6.45) is 2.91. The topological polar surface area (TPSA) is 55.5 Å². The minimum atomic E-state index is -1.00. The third kappa shape index (κ3) is 1.84. The second-order valence-corrected chi connectivity index (χ2v) is 4.46. The van der Waals surface area contributed by atoms with Crippen LogP contribution >= 0.6 is 0 Å². The van der Waals surface area contributed by atoms with Crippen LogP contribution in [0.15, 0.2) is 6.07 Å². The molecule has 1 aliphatic carbocycles. The van der Waals surface area contributed by atoms with Crippen LogP contribution in [0.1, 0.15) is 31.2 Å². The Labute approximate surface area is 98.2 Å². The smallest absolute Gasteiger partial charge is 0.168 e. The minimum Gasteiger partial charge on any atom is -0.504 e. The van der Waals surface area contributed by atoms with E-state index >= 15 is 0 Å². The van der Waals surface area contributed by atoms with E-state index in [4.69, 9.17) is 10.5 Å². The molecule has 0 aromatic heterocycles. The van der Waals surface area contributed by atoms with E-state index in [9.17, 15) is 13.9 Å². The van der Waals surface area contributed by atoms with Gasteiger partial charge in [0, 0.05) is 11.6 Å². The Hall–Kier alpha value is -1.36. The van der Waals surface area contributed by atoms with Crippen molar-refractivity contribution in [2.75, 3.05) is 7.11 Å². The zero-order valence-corrected chi connectivity index (χ0v) is 9.59. The number of phenols is 1. The number of halogens is 2. The maximum absolute atomic E-state index is 13.6. The number of benzene rings is 1. The quantitative estimate of drug-likeness (QED) is 0.838. The molecule has 0 heterocycles. The summed E-state index contributed by atoms with van der Waals surface area (Å²) in [6, 6.07) is 0.607. The van der Waals surface area contributed by atoms with E-state index in [0.717, 1.165) is 12.8 Å². The van der Waals surface area contributed by atoms with E-state index in [1.54, 1.807) is 0 Å². The lowest BCUT2D eigenvalue weighted by Gasteiger charge is -2.27. The first-order valence-electron chi connectivity index (χ1n) is 5.54. The van der Waals surface area contributed by atoms with Gasteiger partial charge in [0.05, 0.1) is 12.7 Å². The van der Waals surface area contributed by atoms with Crippen molar-refractivity contribution in [3.8, 4) is 11.5 Å². The number of hydrogen-bond donors (Lipinski definition) is 2. The third-order valence-electron chi connectivity index (χ3n) is 3.36. The molecule has 0 aliphatic heterocycles. The molecule has 0 amide bonds. The van der Waals surface area contributed by atoms with Crippen molar-refractivity contribution < 1.29 is 18.6 Å². The first-order valence-corrected chi connectivity index (χ1v) is 5.54. The monoisotopic (exact) mass is 243 g/mol. The summed E-state index contributed by atoms with van der Waals surface area (Å²) in [5.74, 6) is -2.61. The minimum absolute atomic E-state index is 0.0509. The first kappa shape index (κ1) is 12.1. The maximum Gasteiger partial charge on any atom is 0.168 e. The molecule has 0 radical (unpaired) electrons. The van der Waals surface area contributed by atoms with Crippen LogP contribution in [0.3, 0.4) is 0 Å². The highest BCUT2D eigenvalue weighted by atomic mass is 19.1. The van der Waals surface area contributed by atoms with Crippen LogP contribution < -0.4 is 10.5 Å². The predicted octanol–water partition coefficient (Wildman–Crippen LogP) is 2.41. The van der Waals surface area contributed by atoms with Crippen LogP contribution in [-0.2, 0) is 5.54 Å². The van der Waals surface area contributed by atoms with Gasteiger partial charge in [0.1, 0.15) is 0 Å². The summed E-state index contributed by atoms with van der Waals surface area (Å²) >= 11 is 0. The van der Waals surface area contributed by atoms with Gasteiger partial charge in [-0.05, 0) is 12.8 Å². The molecule has 1 saturated carbocycles. The molecule has 1 aromatic rings. The number of methoxy groups -OCH3 is 1. The number of nitrogens with two attached hydrogens (primary N) is 1. The number of phenolic OH excluding ortho intramolecular Hbond substituents is 1. The Morgan fingerprint density at radius 1 is 1.29 bits per heavy atom. The van der Waals surface area contributed by atoms with E-state index in [0.29, 0.717) is 18.9 Å². The number of hydrogen-bond acceptors (Lipinski definition) is 3. The molecule has 0 spiro atoms. The highest BCUT2D eigenvalue weighted by molar-refractivity contribution is 5.50. The van der Waals surface area contributed by atoms with Crippen molar-refractivity contribution in [3.05, 3.63) is 23.3 Å². The fourth-order valence-corrected chi connectivity index (χ4v) is 2.51. The molecule has 17 heavy (non-hydrogen) atoms. The van der Waals surface area contributed by atoms with E-state index in [-0.39, 0.29) is 11.3 Å². The van der Waals surface area contributed by atoms with E-state index < -0.39 is 22.9 Å². The summed E-state index contributed by atoms with van der Waals surface area (Å²) < 4.78 is 31.9. The Morgan fingerprint density at radius 3 is 2.41 bits per heavy atom. The zero-order chi connectivity index (χ0) is 12.6. The van der Waals surface area contributed by atoms with Gasteiger partial charge in [-0.3, -0.25) is 0 Å². The standard InChI is InChI=1S/C12H15F2NO2/c1-17-11-8(14)6-7(13)10(16)9(11)12(15)4-2-3-5-12/h6,16H,2-5,15H2,1H3. The summed E-state index contributed by atoms with van der Waals surface area (Å²) in [5, 5.41) is 9.76. The van der Waals surface area contributed by atoms with Gasteiger partial charge in [-0.15, -0.1) is 0 Å². The fraction of sp³-hybridized carbons (Fsp3) is 0.500.